The molecule has 0 fully saturated rings. The average molecular weight is 142 g/mol. The van der Waals surface area contributed by atoms with Crippen molar-refractivity contribution in [1.82, 2.24) is 4.90 Å². The maximum absolute atomic E-state index is 9.11. The molecule has 0 saturated heterocycles. The Morgan fingerprint density at radius 2 is 2.60 bits per heavy atom. The first-order valence-corrected chi connectivity index (χ1v) is 3.05. The predicted octanol–water partition coefficient (Wildman–Crippen LogP) is -1.06. The van der Waals surface area contributed by atoms with Crippen LogP contribution in [-0.4, -0.2) is 35.2 Å². The highest BCUT2D eigenvalue weighted by Gasteiger charge is 2.12. The van der Waals surface area contributed by atoms with Crippen LogP contribution in [0.15, 0.2) is 9.98 Å². The van der Waals surface area contributed by atoms with Gasteiger partial charge in [0.25, 0.3) is 0 Å². The van der Waals surface area contributed by atoms with Gasteiger partial charge in [0.2, 0.25) is 12.3 Å². The Labute approximate surface area is 58.9 Å². The summed E-state index contributed by atoms with van der Waals surface area (Å²) < 4.78 is 0. The molecule has 1 unspecified atom stereocenters. The van der Waals surface area contributed by atoms with Gasteiger partial charge in [0, 0.05) is 6.54 Å². The van der Waals surface area contributed by atoms with Crippen LogP contribution in [0.3, 0.4) is 0 Å². The van der Waals surface area contributed by atoms with Crippen molar-refractivity contribution in [2.24, 2.45) is 15.7 Å². The smallest absolute Gasteiger partial charge is 0.229 e. The molecule has 0 spiro atoms. The maximum Gasteiger partial charge on any atom is 0.229 e. The molecule has 1 rings (SSSR count). The monoisotopic (exact) mass is 142 g/mol. The lowest BCUT2D eigenvalue weighted by atomic mass is 10.6. The van der Waals surface area contributed by atoms with Crippen LogP contribution < -0.4 is 5.73 Å². The highest BCUT2D eigenvalue weighted by molar-refractivity contribution is 5.87. The van der Waals surface area contributed by atoms with Gasteiger partial charge in [-0.1, -0.05) is 0 Å². The van der Waals surface area contributed by atoms with E-state index >= 15 is 0 Å². The van der Waals surface area contributed by atoms with Gasteiger partial charge in [0.1, 0.15) is 0 Å². The molecule has 0 aromatic carbocycles. The van der Waals surface area contributed by atoms with E-state index in [0.717, 1.165) is 0 Å². The number of hydrogen-bond acceptors (Lipinski definition) is 5. The number of aliphatic imine (C=N–C) groups is 2. The lowest BCUT2D eigenvalue weighted by molar-refractivity contribution is 0.0666. The van der Waals surface area contributed by atoms with Crippen LogP contribution in [0.25, 0.3) is 0 Å². The zero-order chi connectivity index (χ0) is 7.56. The molecule has 0 amide bonds. The Balaban J connectivity index is 2.64. The van der Waals surface area contributed by atoms with Gasteiger partial charge >= 0.3 is 0 Å². The van der Waals surface area contributed by atoms with Crippen LogP contribution in [-0.2, 0) is 0 Å². The fourth-order valence-corrected chi connectivity index (χ4v) is 0.664. The largest absolute Gasteiger partial charge is 0.368 e. The van der Waals surface area contributed by atoms with E-state index in [0.29, 0.717) is 6.54 Å². The Kier molecular flexibility index (Phi) is 1.86. The minimum Gasteiger partial charge on any atom is -0.368 e. The molecule has 56 valence electrons. The molecule has 0 aromatic rings. The number of nitrogens with zero attached hydrogens (tertiary/aromatic N) is 3. The van der Waals surface area contributed by atoms with Gasteiger partial charge in [-0.05, 0) is 6.92 Å². The van der Waals surface area contributed by atoms with E-state index < -0.39 is 6.35 Å². The summed E-state index contributed by atoms with van der Waals surface area (Å²) in [7, 11) is 0. The number of aliphatic hydroxyl groups excluding tert-OH is 1. The van der Waals surface area contributed by atoms with Crippen LogP contribution in [0.5, 0.6) is 0 Å². The first-order valence-electron chi connectivity index (χ1n) is 3.05. The van der Waals surface area contributed by atoms with Crippen molar-refractivity contribution in [3.05, 3.63) is 0 Å². The Hall–Kier alpha value is -1.10. The van der Waals surface area contributed by atoms with Crippen LogP contribution >= 0.6 is 0 Å². The van der Waals surface area contributed by atoms with Crippen LogP contribution in [0, 0.1) is 0 Å². The summed E-state index contributed by atoms with van der Waals surface area (Å²) in [6.07, 6.45) is 0.620. The van der Waals surface area contributed by atoms with E-state index in [9.17, 15) is 0 Å². The summed E-state index contributed by atoms with van der Waals surface area (Å²) >= 11 is 0. The number of nitrogens with two attached hydrogens (primary N) is 1. The van der Waals surface area contributed by atoms with Crippen LogP contribution in [0.4, 0.5) is 0 Å². The summed E-state index contributed by atoms with van der Waals surface area (Å²) in [4.78, 5) is 8.88. The summed E-state index contributed by atoms with van der Waals surface area (Å²) in [5, 5.41) is 9.11. The summed E-state index contributed by atoms with van der Waals surface area (Å²) in [6, 6.07) is 0. The topological polar surface area (TPSA) is 74.2 Å². The van der Waals surface area contributed by atoms with Gasteiger partial charge in [0.15, 0.2) is 0 Å². The summed E-state index contributed by atoms with van der Waals surface area (Å²) in [6.45, 7) is 2.56. The van der Waals surface area contributed by atoms with Crippen molar-refractivity contribution in [1.29, 1.82) is 0 Å². The van der Waals surface area contributed by atoms with Crippen molar-refractivity contribution in [2.45, 2.75) is 13.3 Å². The highest BCUT2D eigenvalue weighted by atomic mass is 16.3. The Morgan fingerprint density at radius 1 is 1.90 bits per heavy atom. The third kappa shape index (κ3) is 1.24. The quantitative estimate of drug-likeness (QED) is 0.490. The third-order valence-corrected chi connectivity index (χ3v) is 1.25. The average Bonchev–Trinajstić information content (AvgIpc) is 1.88. The van der Waals surface area contributed by atoms with Crippen molar-refractivity contribution in [3.63, 3.8) is 0 Å². The van der Waals surface area contributed by atoms with Gasteiger partial charge in [0.05, 0.1) is 6.34 Å². The molecule has 3 N–H and O–H groups in total. The van der Waals surface area contributed by atoms with E-state index in [2.05, 4.69) is 9.98 Å². The van der Waals surface area contributed by atoms with Gasteiger partial charge in [-0.2, -0.15) is 4.99 Å². The number of hydrogen-bond donors (Lipinski definition) is 2. The predicted molar refractivity (Wildman–Crippen MR) is 38.5 cm³/mol. The van der Waals surface area contributed by atoms with E-state index in [1.165, 1.54) is 6.34 Å². The third-order valence-electron chi connectivity index (χ3n) is 1.25. The normalized spacial score (nSPS) is 24.8. The molecule has 5 heteroatoms. The minimum absolute atomic E-state index is 0.122. The standard InChI is InChI=1S/C5H10N4O/c1-2-9-3-7-4(6)8-5(9)10/h3,5,10H,2H2,1H3,(H2,6,8). The lowest BCUT2D eigenvalue weighted by Gasteiger charge is -2.22. The van der Waals surface area contributed by atoms with E-state index in [-0.39, 0.29) is 5.96 Å². The van der Waals surface area contributed by atoms with Crippen LogP contribution in [0.1, 0.15) is 6.92 Å². The second kappa shape index (κ2) is 2.66. The molecule has 1 heterocycles. The minimum atomic E-state index is -0.859. The van der Waals surface area contributed by atoms with Gasteiger partial charge in [-0.15, -0.1) is 0 Å². The van der Waals surface area contributed by atoms with Crippen molar-refractivity contribution < 1.29 is 5.11 Å². The number of aliphatic hydroxyl groups is 1. The van der Waals surface area contributed by atoms with Gasteiger partial charge in [-0.25, -0.2) is 4.99 Å². The molecule has 0 aliphatic carbocycles. The maximum atomic E-state index is 9.11. The molecule has 0 aromatic heterocycles. The zero-order valence-electron chi connectivity index (χ0n) is 5.73. The Bertz CT molecular complexity index is 176. The van der Waals surface area contributed by atoms with E-state index in [4.69, 9.17) is 10.8 Å². The molecule has 5 nitrogen and oxygen atoms in total. The molecule has 10 heavy (non-hydrogen) atoms. The highest BCUT2D eigenvalue weighted by Crippen LogP contribution is 1.98. The molecule has 1 aliphatic heterocycles. The SMILES string of the molecule is CCN1C=NC(N)=NC1O. The van der Waals surface area contributed by atoms with Gasteiger partial charge in [-0.3, -0.25) is 0 Å². The van der Waals surface area contributed by atoms with Gasteiger partial charge < -0.3 is 15.7 Å². The Morgan fingerprint density at radius 3 is 3.10 bits per heavy atom. The fraction of sp³-hybridized carbons (Fsp3) is 0.600. The number of guanidine groups is 1. The van der Waals surface area contributed by atoms with Crippen molar-refractivity contribution in [3.8, 4) is 0 Å². The second-order valence-electron chi connectivity index (χ2n) is 1.91. The first-order chi connectivity index (χ1) is 4.74. The number of rotatable bonds is 1. The van der Waals surface area contributed by atoms with E-state index in [1.54, 1.807) is 4.90 Å². The molecule has 0 radical (unpaired) electrons. The molecular weight excluding hydrogens is 132 g/mol. The summed E-state index contributed by atoms with van der Waals surface area (Å²) in [5.41, 5.74) is 5.21. The van der Waals surface area contributed by atoms with Crippen molar-refractivity contribution >= 4 is 12.3 Å². The summed E-state index contributed by atoms with van der Waals surface area (Å²) in [5.74, 6) is 0.122. The fourth-order valence-electron chi connectivity index (χ4n) is 0.664. The molecular formula is C5H10N4O. The zero-order valence-corrected chi connectivity index (χ0v) is 5.73. The van der Waals surface area contributed by atoms with Crippen LogP contribution in [0.2, 0.25) is 0 Å². The molecule has 1 atom stereocenters. The lowest BCUT2D eigenvalue weighted by Crippen LogP contribution is -2.37. The van der Waals surface area contributed by atoms with Crippen molar-refractivity contribution in [2.75, 3.05) is 6.54 Å². The first kappa shape index (κ1) is 7.01. The molecule has 0 saturated carbocycles. The van der Waals surface area contributed by atoms with E-state index in [1.807, 2.05) is 6.92 Å². The second-order valence-corrected chi connectivity index (χ2v) is 1.91. The molecule has 0 bridgehead atoms. The molecule has 1 aliphatic rings.